The Bertz CT molecular complexity index is 904. The molecule has 0 fully saturated rings. The fraction of sp³-hybridized carbons (Fsp3) is 0.158. The van der Waals surface area contributed by atoms with Crippen LogP contribution in [0.3, 0.4) is 0 Å². The van der Waals surface area contributed by atoms with Crippen LogP contribution in [0.2, 0.25) is 10.0 Å². The summed E-state index contributed by atoms with van der Waals surface area (Å²) < 4.78 is 5.76. The van der Waals surface area contributed by atoms with Crippen molar-refractivity contribution in [3.8, 4) is 11.6 Å². The predicted molar refractivity (Wildman–Crippen MR) is 110 cm³/mol. The Morgan fingerprint density at radius 3 is 2.81 bits per heavy atom. The highest BCUT2D eigenvalue weighted by atomic mass is 35.5. The van der Waals surface area contributed by atoms with Crippen molar-refractivity contribution in [2.24, 2.45) is 0 Å². The molecule has 0 aliphatic rings. The van der Waals surface area contributed by atoms with Crippen LogP contribution in [0.15, 0.2) is 54.0 Å². The van der Waals surface area contributed by atoms with Crippen molar-refractivity contribution in [1.82, 2.24) is 10.3 Å². The number of halogens is 2. The maximum Gasteiger partial charge on any atom is 0.239 e. The van der Waals surface area contributed by atoms with Crippen LogP contribution in [0.5, 0.6) is 11.6 Å². The molecular formula is C19H17Cl2N3O2S. The van der Waals surface area contributed by atoms with Gasteiger partial charge in [-0.3, -0.25) is 4.79 Å². The maximum atomic E-state index is 12.0. The zero-order chi connectivity index (χ0) is 19.1. The Kier molecular flexibility index (Phi) is 6.92. The second-order valence-corrected chi connectivity index (χ2v) is 7.45. The minimum absolute atomic E-state index is 0.0935. The number of para-hydroxylation sites is 2. The van der Waals surface area contributed by atoms with E-state index in [1.54, 1.807) is 23.5 Å². The van der Waals surface area contributed by atoms with Gasteiger partial charge in [0.1, 0.15) is 5.02 Å². The van der Waals surface area contributed by atoms with E-state index in [9.17, 15) is 4.79 Å². The molecule has 0 saturated carbocycles. The molecule has 1 amide bonds. The SMILES string of the molecule is O=C(CNc1ccccc1Oc1ncc(Cl)cc1Cl)NCCc1cccs1. The molecule has 2 aromatic heterocycles. The van der Waals surface area contributed by atoms with Crippen LogP contribution < -0.4 is 15.4 Å². The molecule has 0 atom stereocenters. The van der Waals surface area contributed by atoms with E-state index in [1.807, 2.05) is 29.6 Å². The Labute approximate surface area is 171 Å². The third-order valence-corrected chi connectivity index (χ3v) is 4.99. The largest absolute Gasteiger partial charge is 0.435 e. The number of nitrogens with one attached hydrogen (secondary N) is 2. The number of aromatic nitrogens is 1. The molecular weight excluding hydrogens is 405 g/mol. The fourth-order valence-corrected chi connectivity index (χ4v) is 3.43. The number of hydrogen-bond acceptors (Lipinski definition) is 5. The van der Waals surface area contributed by atoms with Gasteiger partial charge in [0.25, 0.3) is 0 Å². The zero-order valence-corrected chi connectivity index (χ0v) is 16.6. The molecule has 0 unspecified atom stereocenters. The first-order chi connectivity index (χ1) is 13.1. The monoisotopic (exact) mass is 421 g/mol. The second kappa shape index (κ2) is 9.60. The van der Waals surface area contributed by atoms with Crippen LogP contribution in [0.1, 0.15) is 4.88 Å². The van der Waals surface area contributed by atoms with Crippen LogP contribution in [0, 0.1) is 0 Å². The highest BCUT2D eigenvalue weighted by Gasteiger charge is 2.10. The van der Waals surface area contributed by atoms with Crippen molar-refractivity contribution in [3.05, 3.63) is 69.0 Å². The van der Waals surface area contributed by atoms with Crippen LogP contribution in [-0.2, 0) is 11.2 Å². The molecule has 1 aromatic carbocycles. The lowest BCUT2D eigenvalue weighted by Gasteiger charge is -2.13. The van der Waals surface area contributed by atoms with Gasteiger partial charge in [0.2, 0.25) is 11.8 Å². The molecule has 2 N–H and O–H groups in total. The number of pyridine rings is 1. The van der Waals surface area contributed by atoms with Crippen LogP contribution in [0.4, 0.5) is 5.69 Å². The Morgan fingerprint density at radius 2 is 2.04 bits per heavy atom. The van der Waals surface area contributed by atoms with Gasteiger partial charge in [0.05, 0.1) is 17.3 Å². The molecule has 0 aliphatic heterocycles. The minimum Gasteiger partial charge on any atom is -0.435 e. The lowest BCUT2D eigenvalue weighted by Crippen LogP contribution is -2.31. The van der Waals surface area contributed by atoms with Crippen LogP contribution in [0.25, 0.3) is 0 Å². The van der Waals surface area contributed by atoms with Crippen molar-refractivity contribution < 1.29 is 9.53 Å². The molecule has 0 bridgehead atoms. The average molecular weight is 422 g/mol. The highest BCUT2D eigenvalue weighted by Crippen LogP contribution is 2.33. The van der Waals surface area contributed by atoms with E-state index >= 15 is 0 Å². The predicted octanol–water partition coefficient (Wildman–Crippen LogP) is 5.01. The number of thiophene rings is 1. The zero-order valence-electron chi connectivity index (χ0n) is 14.2. The molecule has 2 heterocycles. The quantitative estimate of drug-likeness (QED) is 0.536. The lowest BCUT2D eigenvalue weighted by molar-refractivity contribution is -0.119. The molecule has 0 spiro atoms. The summed E-state index contributed by atoms with van der Waals surface area (Å²) in [4.78, 5) is 17.4. The summed E-state index contributed by atoms with van der Waals surface area (Å²) in [5.41, 5.74) is 0.665. The first-order valence-electron chi connectivity index (χ1n) is 8.22. The van der Waals surface area contributed by atoms with E-state index in [-0.39, 0.29) is 18.3 Å². The Balaban J connectivity index is 1.55. The first-order valence-corrected chi connectivity index (χ1v) is 9.86. The van der Waals surface area contributed by atoms with Crippen molar-refractivity contribution in [2.45, 2.75) is 6.42 Å². The number of amides is 1. The van der Waals surface area contributed by atoms with E-state index in [1.165, 1.54) is 11.1 Å². The standard InChI is InChI=1S/C19H17Cl2N3O2S/c20-13-10-15(21)19(24-11-13)26-17-6-2-1-5-16(17)23-12-18(25)22-8-7-14-4-3-9-27-14/h1-6,9-11,23H,7-8,12H2,(H,22,25). The van der Waals surface area contributed by atoms with Crippen molar-refractivity contribution in [3.63, 3.8) is 0 Å². The Hall–Kier alpha value is -2.28. The van der Waals surface area contributed by atoms with Crippen LogP contribution >= 0.6 is 34.5 Å². The topological polar surface area (TPSA) is 63.2 Å². The van der Waals surface area contributed by atoms with Crippen molar-refractivity contribution >= 4 is 46.1 Å². The summed E-state index contributed by atoms with van der Waals surface area (Å²) in [6, 6.07) is 12.9. The molecule has 3 aromatic rings. The van der Waals surface area contributed by atoms with Gasteiger partial charge in [0, 0.05) is 17.6 Å². The van der Waals surface area contributed by atoms with Gasteiger partial charge >= 0.3 is 0 Å². The summed E-state index contributed by atoms with van der Waals surface area (Å²) >= 11 is 13.6. The van der Waals surface area contributed by atoms with Gasteiger partial charge in [-0.15, -0.1) is 11.3 Å². The number of hydrogen-bond donors (Lipinski definition) is 2. The molecule has 0 aliphatic carbocycles. The average Bonchev–Trinajstić information content (AvgIpc) is 3.17. The van der Waals surface area contributed by atoms with Crippen LogP contribution in [-0.4, -0.2) is 24.0 Å². The lowest BCUT2D eigenvalue weighted by atomic mass is 10.3. The summed E-state index contributed by atoms with van der Waals surface area (Å²) in [5, 5.41) is 8.73. The highest BCUT2D eigenvalue weighted by molar-refractivity contribution is 7.09. The van der Waals surface area contributed by atoms with E-state index in [0.717, 1.165) is 6.42 Å². The van der Waals surface area contributed by atoms with E-state index in [0.29, 0.717) is 28.0 Å². The maximum absolute atomic E-state index is 12.0. The van der Waals surface area contributed by atoms with Crippen molar-refractivity contribution in [2.75, 3.05) is 18.4 Å². The molecule has 5 nitrogen and oxygen atoms in total. The number of benzene rings is 1. The first kappa shape index (κ1) is 19.5. The summed E-state index contributed by atoms with van der Waals surface area (Å²) in [7, 11) is 0. The van der Waals surface area contributed by atoms with Gasteiger partial charge < -0.3 is 15.4 Å². The minimum atomic E-state index is -0.0935. The molecule has 140 valence electrons. The molecule has 8 heteroatoms. The van der Waals surface area contributed by atoms with Gasteiger partial charge in [-0.25, -0.2) is 4.98 Å². The van der Waals surface area contributed by atoms with E-state index in [4.69, 9.17) is 27.9 Å². The smallest absolute Gasteiger partial charge is 0.239 e. The summed E-state index contributed by atoms with van der Waals surface area (Å²) in [6.45, 7) is 0.732. The van der Waals surface area contributed by atoms with E-state index < -0.39 is 0 Å². The van der Waals surface area contributed by atoms with Crippen molar-refractivity contribution in [1.29, 1.82) is 0 Å². The summed E-state index contributed by atoms with van der Waals surface area (Å²) in [6.07, 6.45) is 2.28. The molecule has 0 saturated heterocycles. The molecule has 3 rings (SSSR count). The van der Waals surface area contributed by atoms with Gasteiger partial charge in [0.15, 0.2) is 5.75 Å². The molecule has 27 heavy (non-hydrogen) atoms. The fourth-order valence-electron chi connectivity index (χ4n) is 2.30. The Morgan fingerprint density at radius 1 is 1.19 bits per heavy atom. The number of rotatable bonds is 8. The molecule has 0 radical (unpaired) electrons. The number of carbonyl (C=O) groups is 1. The second-order valence-electron chi connectivity index (χ2n) is 5.57. The number of ether oxygens (including phenoxy) is 1. The van der Waals surface area contributed by atoms with Gasteiger partial charge in [-0.05, 0) is 36.1 Å². The number of carbonyl (C=O) groups excluding carboxylic acids is 1. The van der Waals surface area contributed by atoms with Gasteiger partial charge in [-0.1, -0.05) is 41.4 Å². The number of nitrogens with zero attached hydrogens (tertiary/aromatic N) is 1. The summed E-state index contributed by atoms with van der Waals surface area (Å²) in [5.74, 6) is 0.667. The third-order valence-electron chi connectivity index (χ3n) is 3.58. The van der Waals surface area contributed by atoms with E-state index in [2.05, 4.69) is 21.7 Å². The third kappa shape index (κ3) is 5.85. The normalized spacial score (nSPS) is 10.4. The number of anilines is 1. The van der Waals surface area contributed by atoms with Gasteiger partial charge in [-0.2, -0.15) is 0 Å².